The van der Waals surface area contributed by atoms with E-state index in [0.717, 1.165) is 52.8 Å². The van der Waals surface area contributed by atoms with Gasteiger partial charge in [-0.15, -0.1) is 0 Å². The van der Waals surface area contributed by atoms with Crippen molar-refractivity contribution in [2.45, 2.75) is 62.1 Å². The van der Waals surface area contributed by atoms with Gasteiger partial charge in [-0.3, -0.25) is 4.90 Å². The van der Waals surface area contributed by atoms with Crippen LogP contribution in [0.1, 0.15) is 48.4 Å². The van der Waals surface area contributed by atoms with Gasteiger partial charge >= 0.3 is 6.01 Å². The van der Waals surface area contributed by atoms with Gasteiger partial charge in [0.05, 0.1) is 34.5 Å². The van der Waals surface area contributed by atoms with Gasteiger partial charge in [-0.2, -0.15) is 9.97 Å². The zero-order valence-corrected chi connectivity index (χ0v) is 23.2. The number of fused-ring (bicyclic) bond motifs is 3. The maximum absolute atomic E-state index is 14.7. The number of aromatic nitrogens is 3. The van der Waals surface area contributed by atoms with Gasteiger partial charge in [0.15, 0.2) is 5.13 Å². The number of rotatable bonds is 5. The first-order valence-electron chi connectivity index (χ1n) is 14.2. The zero-order valence-electron chi connectivity index (χ0n) is 22.3. The molecule has 1 unspecified atom stereocenters. The van der Waals surface area contributed by atoms with E-state index in [1.54, 1.807) is 4.90 Å². The summed E-state index contributed by atoms with van der Waals surface area (Å²) in [6, 6.07) is 6.34. The van der Waals surface area contributed by atoms with E-state index in [1.165, 1.54) is 11.3 Å². The van der Waals surface area contributed by atoms with Crippen LogP contribution in [0, 0.1) is 0 Å². The molecular weight excluding hydrogens is 539 g/mol. The smallest absolute Gasteiger partial charge is 0.318 e. The molecule has 0 spiro atoms. The summed E-state index contributed by atoms with van der Waals surface area (Å²) < 4.78 is 51.0. The Labute approximate surface area is 235 Å². The fraction of sp³-hybridized carbons (Fsp3) is 0.607. The lowest BCUT2D eigenvalue weighted by atomic mass is 9.82. The molecule has 0 bridgehead atoms. The number of alkyl halides is 3. The Morgan fingerprint density at radius 2 is 2.10 bits per heavy atom. The van der Waals surface area contributed by atoms with Gasteiger partial charge in [0.2, 0.25) is 0 Å². The van der Waals surface area contributed by atoms with Gasteiger partial charge in [-0.05, 0) is 56.2 Å². The lowest BCUT2D eigenvalue weighted by molar-refractivity contribution is 0.0155. The number of benzene rings is 1. The molecular formula is C28H34F3N7OS. The standard InChI is InChI=1S/C28H34F3N7OS/c29-18-12-27(7-2-9-38(27)13-18)16-39-26-34-21-11-17(19-3-1-4-22-23(19)35-25(32)40-22)5-6-20(21)24(36-26)37-10-8-33-14-28(30,31)15-37/h1,3-4,17-18,33H,2,5-16H2,(H2,32,35)/t17?,18-,27+/m1/s1. The third-order valence-electron chi connectivity index (χ3n) is 9.03. The molecule has 7 rings (SSSR count). The number of hydrogen-bond acceptors (Lipinski definition) is 9. The highest BCUT2D eigenvalue weighted by Crippen LogP contribution is 2.42. The lowest BCUT2D eigenvalue weighted by Gasteiger charge is -2.33. The van der Waals surface area contributed by atoms with Crippen molar-refractivity contribution in [3.63, 3.8) is 0 Å². The average Bonchev–Trinajstić information content (AvgIpc) is 3.54. The summed E-state index contributed by atoms with van der Waals surface area (Å²) in [6.45, 7) is 1.69. The molecule has 0 amide bonds. The van der Waals surface area contributed by atoms with Gasteiger partial charge in [0.1, 0.15) is 18.6 Å². The maximum atomic E-state index is 14.7. The molecule has 1 aromatic carbocycles. The fourth-order valence-corrected chi connectivity index (χ4v) is 7.98. The van der Waals surface area contributed by atoms with Crippen LogP contribution in [0.4, 0.5) is 24.1 Å². The minimum absolute atomic E-state index is 0.159. The predicted molar refractivity (Wildman–Crippen MR) is 149 cm³/mol. The number of ether oxygens (including phenoxy) is 1. The van der Waals surface area contributed by atoms with Crippen LogP contribution in [0.5, 0.6) is 6.01 Å². The number of nitrogen functional groups attached to an aromatic ring is 1. The molecule has 1 aliphatic carbocycles. The van der Waals surface area contributed by atoms with Crippen LogP contribution in [-0.2, 0) is 12.8 Å². The lowest BCUT2D eigenvalue weighted by Crippen LogP contribution is -2.43. The van der Waals surface area contributed by atoms with Crippen molar-refractivity contribution in [1.82, 2.24) is 25.2 Å². The van der Waals surface area contributed by atoms with E-state index in [1.807, 2.05) is 12.1 Å². The molecule has 3 saturated heterocycles. The molecule has 40 heavy (non-hydrogen) atoms. The molecule has 4 aliphatic rings. The highest BCUT2D eigenvalue weighted by atomic mass is 32.1. The van der Waals surface area contributed by atoms with E-state index >= 15 is 0 Å². The van der Waals surface area contributed by atoms with Crippen molar-refractivity contribution in [1.29, 1.82) is 0 Å². The molecule has 3 aliphatic heterocycles. The number of nitrogens with zero attached hydrogens (tertiary/aromatic N) is 5. The normalized spacial score (nSPS) is 28.4. The highest BCUT2D eigenvalue weighted by Gasteiger charge is 2.49. The zero-order chi connectivity index (χ0) is 27.5. The van der Waals surface area contributed by atoms with E-state index < -0.39 is 18.6 Å². The van der Waals surface area contributed by atoms with Gasteiger partial charge in [-0.25, -0.2) is 18.2 Å². The molecule has 3 N–H and O–H groups in total. The summed E-state index contributed by atoms with van der Waals surface area (Å²) in [5.41, 5.74) is 9.47. The van der Waals surface area contributed by atoms with E-state index in [2.05, 4.69) is 21.3 Å². The van der Waals surface area contributed by atoms with Crippen molar-refractivity contribution in [3.8, 4) is 6.01 Å². The monoisotopic (exact) mass is 573 g/mol. The minimum atomic E-state index is -2.88. The van der Waals surface area contributed by atoms with E-state index in [0.29, 0.717) is 56.5 Å². The van der Waals surface area contributed by atoms with Crippen molar-refractivity contribution in [2.75, 3.05) is 56.5 Å². The minimum Gasteiger partial charge on any atom is -0.461 e. The average molecular weight is 574 g/mol. The first-order valence-corrected chi connectivity index (χ1v) is 15.0. The number of para-hydroxylation sites is 1. The van der Waals surface area contributed by atoms with Gasteiger partial charge in [0, 0.05) is 31.6 Å². The molecule has 0 radical (unpaired) electrons. The molecule has 214 valence electrons. The van der Waals surface area contributed by atoms with E-state index in [9.17, 15) is 13.2 Å². The van der Waals surface area contributed by atoms with Crippen LogP contribution in [0.3, 0.4) is 0 Å². The third kappa shape index (κ3) is 4.77. The van der Waals surface area contributed by atoms with Gasteiger partial charge in [-0.1, -0.05) is 23.5 Å². The number of hydrogen-bond donors (Lipinski definition) is 2. The Kier molecular flexibility index (Phi) is 6.55. The summed E-state index contributed by atoms with van der Waals surface area (Å²) in [7, 11) is 0. The number of anilines is 2. The van der Waals surface area contributed by atoms with Gasteiger partial charge < -0.3 is 20.7 Å². The summed E-state index contributed by atoms with van der Waals surface area (Å²) >= 11 is 1.47. The molecule has 0 saturated carbocycles. The SMILES string of the molecule is Nc1nc2c(C3CCc4c(nc(OC[C@@]56CCCN5C[C@H](F)C6)nc4N4CCNCC(F)(F)C4)C3)cccc2s1. The molecule has 12 heteroatoms. The molecule has 2 aromatic heterocycles. The second kappa shape index (κ2) is 9.99. The molecule has 3 fully saturated rings. The summed E-state index contributed by atoms with van der Waals surface area (Å²) in [5, 5.41) is 3.39. The van der Waals surface area contributed by atoms with Crippen LogP contribution in [0.2, 0.25) is 0 Å². The maximum Gasteiger partial charge on any atom is 0.318 e. The van der Waals surface area contributed by atoms with Crippen LogP contribution >= 0.6 is 11.3 Å². The van der Waals surface area contributed by atoms with Crippen molar-refractivity contribution >= 4 is 32.5 Å². The van der Waals surface area contributed by atoms with Crippen molar-refractivity contribution in [3.05, 3.63) is 35.0 Å². The van der Waals surface area contributed by atoms with Crippen molar-refractivity contribution < 1.29 is 17.9 Å². The second-order valence-electron chi connectivity index (χ2n) is 11.8. The van der Waals surface area contributed by atoms with Gasteiger partial charge in [0.25, 0.3) is 5.92 Å². The molecule has 8 nitrogen and oxygen atoms in total. The predicted octanol–water partition coefficient (Wildman–Crippen LogP) is 3.94. The van der Waals surface area contributed by atoms with E-state index in [4.69, 9.17) is 20.4 Å². The molecule has 3 atom stereocenters. The summed E-state index contributed by atoms with van der Waals surface area (Å²) in [5.74, 6) is -2.18. The quantitative estimate of drug-likeness (QED) is 0.475. The van der Waals surface area contributed by atoms with Crippen molar-refractivity contribution in [2.24, 2.45) is 0 Å². The molecule has 3 aromatic rings. The first-order chi connectivity index (χ1) is 19.3. The Balaban J connectivity index is 1.23. The summed E-state index contributed by atoms with van der Waals surface area (Å²) in [6.07, 6.45) is 3.59. The number of thiazole rings is 1. The van der Waals surface area contributed by atoms with Crippen LogP contribution in [0.15, 0.2) is 18.2 Å². The fourth-order valence-electron chi connectivity index (χ4n) is 7.21. The van der Waals surface area contributed by atoms with Crippen LogP contribution in [0.25, 0.3) is 10.2 Å². The number of nitrogens with one attached hydrogen (secondary N) is 1. The number of nitrogens with two attached hydrogens (primary N) is 1. The third-order valence-corrected chi connectivity index (χ3v) is 9.88. The first kappa shape index (κ1) is 26.2. The summed E-state index contributed by atoms with van der Waals surface area (Å²) in [4.78, 5) is 18.1. The topological polar surface area (TPSA) is 92.4 Å². The highest BCUT2D eigenvalue weighted by molar-refractivity contribution is 7.22. The van der Waals surface area contributed by atoms with E-state index in [-0.39, 0.29) is 24.0 Å². The van der Waals surface area contributed by atoms with Crippen LogP contribution in [-0.4, -0.2) is 83.4 Å². The Morgan fingerprint density at radius 1 is 1.20 bits per heavy atom. The largest absolute Gasteiger partial charge is 0.461 e. The Morgan fingerprint density at radius 3 is 3.00 bits per heavy atom. The Hall–Kier alpha value is -2.70. The Bertz CT molecular complexity index is 1420. The van der Waals surface area contributed by atoms with Crippen LogP contribution < -0.4 is 20.7 Å². The second-order valence-corrected chi connectivity index (χ2v) is 12.8. The molecule has 5 heterocycles. The number of halogens is 3.